The Balaban J connectivity index is 2.72. The Hall–Kier alpha value is -1.03. The van der Waals surface area contributed by atoms with Crippen LogP contribution in [-0.2, 0) is 4.79 Å². The van der Waals surface area contributed by atoms with Gasteiger partial charge in [0.15, 0.2) is 0 Å². The van der Waals surface area contributed by atoms with E-state index < -0.39 is 12.0 Å². The highest BCUT2D eigenvalue weighted by molar-refractivity contribution is 6.30. The molecule has 0 aromatic carbocycles. The van der Waals surface area contributed by atoms with E-state index in [0.29, 0.717) is 11.4 Å². The van der Waals surface area contributed by atoms with Crippen molar-refractivity contribution in [2.24, 2.45) is 0 Å². The van der Waals surface area contributed by atoms with E-state index in [1.165, 1.54) is 17.1 Å². The monoisotopic (exact) mass is 216 g/mol. The minimum atomic E-state index is -0.863. The maximum Gasteiger partial charge on any atom is 0.328 e. The Morgan fingerprint density at radius 3 is 2.93 bits per heavy atom. The lowest BCUT2D eigenvalue weighted by molar-refractivity contribution is -0.141. The summed E-state index contributed by atoms with van der Waals surface area (Å²) >= 11 is 5.67. The van der Waals surface area contributed by atoms with Crippen molar-refractivity contribution in [3.8, 4) is 0 Å². The van der Waals surface area contributed by atoms with Crippen LogP contribution >= 0.6 is 11.6 Å². The zero-order chi connectivity index (χ0) is 10.6. The molecule has 1 rings (SSSR count). The summed E-state index contributed by atoms with van der Waals surface area (Å²) in [6, 6.07) is -0.595. The fraction of sp³-hybridized carbons (Fsp3) is 0.556. The molecule has 0 fully saturated rings. The Labute approximate surface area is 87.5 Å². The van der Waals surface area contributed by atoms with Gasteiger partial charge < -0.3 is 5.11 Å². The smallest absolute Gasteiger partial charge is 0.328 e. The highest BCUT2D eigenvalue weighted by Crippen LogP contribution is 2.17. The van der Waals surface area contributed by atoms with E-state index in [9.17, 15) is 4.79 Å². The third kappa shape index (κ3) is 2.73. The summed E-state index contributed by atoms with van der Waals surface area (Å²) in [6.45, 7) is 2.02. The van der Waals surface area contributed by atoms with Crippen LogP contribution in [0.1, 0.15) is 32.2 Å². The first-order valence-electron chi connectivity index (χ1n) is 4.57. The van der Waals surface area contributed by atoms with Gasteiger partial charge >= 0.3 is 5.97 Å². The molecule has 1 unspecified atom stereocenters. The van der Waals surface area contributed by atoms with Crippen LogP contribution in [0.3, 0.4) is 0 Å². The molecule has 1 N–H and O–H groups in total. The van der Waals surface area contributed by atoms with Crippen LogP contribution in [0.5, 0.6) is 0 Å². The molecule has 0 aliphatic heterocycles. The van der Waals surface area contributed by atoms with E-state index in [4.69, 9.17) is 16.7 Å². The molecule has 0 saturated carbocycles. The summed E-state index contributed by atoms with van der Waals surface area (Å²) in [5.41, 5.74) is 0. The fourth-order valence-electron chi connectivity index (χ4n) is 1.25. The highest BCUT2D eigenvalue weighted by atomic mass is 35.5. The van der Waals surface area contributed by atoms with Crippen molar-refractivity contribution in [2.45, 2.75) is 32.2 Å². The Bertz CT molecular complexity index is 312. The summed E-state index contributed by atoms with van der Waals surface area (Å²) in [6.07, 6.45) is 5.41. The molecule has 1 aromatic heterocycles. The first-order valence-corrected chi connectivity index (χ1v) is 4.95. The van der Waals surface area contributed by atoms with Gasteiger partial charge in [-0.3, -0.25) is 4.68 Å². The van der Waals surface area contributed by atoms with Crippen LogP contribution in [-0.4, -0.2) is 20.9 Å². The van der Waals surface area contributed by atoms with Gasteiger partial charge in [0.25, 0.3) is 0 Å². The molecule has 78 valence electrons. The van der Waals surface area contributed by atoms with E-state index in [1.807, 2.05) is 6.92 Å². The number of hydrogen-bond donors (Lipinski definition) is 1. The molecule has 0 spiro atoms. The van der Waals surface area contributed by atoms with Gasteiger partial charge in [-0.1, -0.05) is 31.4 Å². The lowest BCUT2D eigenvalue weighted by Gasteiger charge is -2.11. The van der Waals surface area contributed by atoms with Crippen molar-refractivity contribution in [3.05, 3.63) is 17.4 Å². The molecule has 1 aromatic rings. The van der Waals surface area contributed by atoms with Crippen molar-refractivity contribution in [2.75, 3.05) is 0 Å². The molecule has 0 radical (unpaired) electrons. The molecule has 1 atom stereocenters. The van der Waals surface area contributed by atoms with Crippen LogP contribution in [0, 0.1) is 0 Å². The second-order valence-corrected chi connectivity index (χ2v) is 3.57. The number of halogens is 1. The van der Waals surface area contributed by atoms with E-state index in [0.717, 1.165) is 12.8 Å². The fourth-order valence-corrected chi connectivity index (χ4v) is 1.40. The first kappa shape index (κ1) is 11.0. The molecular formula is C9H13ClN2O2. The van der Waals surface area contributed by atoms with Gasteiger partial charge in [0, 0.05) is 6.20 Å². The summed E-state index contributed by atoms with van der Waals surface area (Å²) in [4.78, 5) is 10.9. The van der Waals surface area contributed by atoms with Crippen molar-refractivity contribution in [1.82, 2.24) is 9.78 Å². The molecule has 0 amide bonds. The zero-order valence-corrected chi connectivity index (χ0v) is 8.74. The number of carboxylic acids is 1. The molecule has 4 nitrogen and oxygen atoms in total. The normalized spacial score (nSPS) is 12.7. The molecule has 0 aliphatic carbocycles. The van der Waals surface area contributed by atoms with Crippen LogP contribution in [0.15, 0.2) is 12.4 Å². The average molecular weight is 217 g/mol. The third-order valence-corrected chi connectivity index (χ3v) is 2.20. The number of unbranched alkanes of at least 4 members (excludes halogenated alkanes) is 1. The third-order valence-electron chi connectivity index (χ3n) is 2.01. The maximum atomic E-state index is 10.9. The van der Waals surface area contributed by atoms with E-state index in [1.54, 1.807) is 0 Å². The number of rotatable bonds is 5. The van der Waals surface area contributed by atoms with Gasteiger partial charge in [-0.2, -0.15) is 5.10 Å². The number of hydrogen-bond acceptors (Lipinski definition) is 2. The van der Waals surface area contributed by atoms with E-state index >= 15 is 0 Å². The van der Waals surface area contributed by atoms with Gasteiger partial charge in [0.2, 0.25) is 0 Å². The van der Waals surface area contributed by atoms with Gasteiger partial charge in [-0.25, -0.2) is 4.79 Å². The Morgan fingerprint density at radius 1 is 1.79 bits per heavy atom. The van der Waals surface area contributed by atoms with E-state index in [2.05, 4.69) is 5.10 Å². The predicted molar refractivity (Wildman–Crippen MR) is 53.4 cm³/mol. The second-order valence-electron chi connectivity index (χ2n) is 3.13. The van der Waals surface area contributed by atoms with Gasteiger partial charge in [0.1, 0.15) is 6.04 Å². The lowest BCUT2D eigenvalue weighted by Crippen LogP contribution is -2.19. The lowest BCUT2D eigenvalue weighted by atomic mass is 10.1. The van der Waals surface area contributed by atoms with Crippen LogP contribution in [0.25, 0.3) is 0 Å². The van der Waals surface area contributed by atoms with Gasteiger partial charge in [-0.05, 0) is 6.42 Å². The molecule has 5 heteroatoms. The molecule has 1 heterocycles. The summed E-state index contributed by atoms with van der Waals surface area (Å²) in [7, 11) is 0. The van der Waals surface area contributed by atoms with Crippen molar-refractivity contribution < 1.29 is 9.90 Å². The molecule has 0 bridgehead atoms. The minimum absolute atomic E-state index is 0.466. The van der Waals surface area contributed by atoms with Gasteiger partial charge in [0.05, 0.1) is 11.2 Å². The highest BCUT2D eigenvalue weighted by Gasteiger charge is 2.19. The van der Waals surface area contributed by atoms with Crippen LogP contribution < -0.4 is 0 Å². The SMILES string of the molecule is CCCCC(C(=O)O)n1cc(Cl)cn1. The van der Waals surface area contributed by atoms with Crippen molar-refractivity contribution in [1.29, 1.82) is 0 Å². The van der Waals surface area contributed by atoms with Crippen LogP contribution in [0.4, 0.5) is 0 Å². The molecule has 14 heavy (non-hydrogen) atoms. The molecular weight excluding hydrogens is 204 g/mol. The summed E-state index contributed by atoms with van der Waals surface area (Å²) in [5, 5.41) is 13.3. The topological polar surface area (TPSA) is 55.1 Å². The van der Waals surface area contributed by atoms with Gasteiger partial charge in [-0.15, -0.1) is 0 Å². The number of nitrogens with zero attached hydrogens (tertiary/aromatic N) is 2. The number of carboxylic acid groups (broad SMARTS) is 1. The minimum Gasteiger partial charge on any atom is -0.480 e. The molecule has 0 aliphatic rings. The Morgan fingerprint density at radius 2 is 2.50 bits per heavy atom. The molecule has 0 saturated heterocycles. The van der Waals surface area contributed by atoms with Crippen LogP contribution in [0.2, 0.25) is 5.02 Å². The summed E-state index contributed by atoms with van der Waals surface area (Å²) < 4.78 is 1.40. The zero-order valence-electron chi connectivity index (χ0n) is 7.98. The quantitative estimate of drug-likeness (QED) is 0.822. The maximum absolute atomic E-state index is 10.9. The predicted octanol–water partition coefficient (Wildman–Crippen LogP) is 2.35. The average Bonchev–Trinajstić information content (AvgIpc) is 2.52. The van der Waals surface area contributed by atoms with Crippen molar-refractivity contribution >= 4 is 17.6 Å². The van der Waals surface area contributed by atoms with Crippen molar-refractivity contribution in [3.63, 3.8) is 0 Å². The first-order chi connectivity index (χ1) is 6.65. The Kier molecular flexibility index (Phi) is 3.95. The van der Waals surface area contributed by atoms with E-state index in [-0.39, 0.29) is 0 Å². The second kappa shape index (κ2) is 5.00. The summed E-state index contributed by atoms with van der Waals surface area (Å²) in [5.74, 6) is -0.863. The standard InChI is InChI=1S/C9H13ClN2O2/c1-2-3-4-8(9(13)14)12-6-7(10)5-11-12/h5-6,8H,2-4H2,1H3,(H,13,14). The largest absolute Gasteiger partial charge is 0.480 e. The number of carbonyl (C=O) groups is 1. The number of aromatic nitrogens is 2. The number of aliphatic carboxylic acids is 1.